The molecule has 1 saturated heterocycles. The molecule has 0 unspecified atom stereocenters. The van der Waals surface area contributed by atoms with E-state index in [9.17, 15) is 18.4 Å². The van der Waals surface area contributed by atoms with E-state index in [1.807, 2.05) is 0 Å². The lowest BCUT2D eigenvalue weighted by molar-refractivity contribution is -0.221. The molecule has 0 N–H and O–H groups in total. The fourth-order valence-electron chi connectivity index (χ4n) is 2.99. The Bertz CT molecular complexity index is 609. The first-order valence-corrected chi connectivity index (χ1v) is 7.35. The monoisotopic (exact) mass is 311 g/mol. The van der Waals surface area contributed by atoms with Gasteiger partial charge in [-0.1, -0.05) is 0 Å². The van der Waals surface area contributed by atoms with Crippen molar-refractivity contribution in [3.63, 3.8) is 0 Å². The number of pyridine rings is 1. The van der Waals surface area contributed by atoms with Crippen molar-refractivity contribution in [3.8, 4) is 6.07 Å². The van der Waals surface area contributed by atoms with Crippen molar-refractivity contribution < 1.29 is 17.9 Å². The van der Waals surface area contributed by atoms with E-state index < -0.39 is 12.3 Å². The second-order valence-corrected chi connectivity index (χ2v) is 5.63. The summed E-state index contributed by atoms with van der Waals surface area (Å²) in [7, 11) is 0. The second-order valence-electron chi connectivity index (χ2n) is 5.63. The molecule has 4 nitrogen and oxygen atoms in total. The molecule has 7 heteroatoms. The minimum absolute atomic E-state index is 0.0200. The number of hydrogen-bond acceptors (Lipinski definition) is 4. The average Bonchev–Trinajstić information content (AvgIpc) is 2.53. The van der Waals surface area contributed by atoms with Gasteiger partial charge in [0.25, 0.3) is 0 Å². The Kier molecular flexibility index (Phi) is 3.96. The minimum atomic E-state index is -4.40. The van der Waals surface area contributed by atoms with Gasteiger partial charge in [0.2, 0.25) is 0 Å². The number of aromatic nitrogens is 1. The Balaban J connectivity index is 1.92. The van der Waals surface area contributed by atoms with Gasteiger partial charge < -0.3 is 9.64 Å². The molecule has 1 aromatic rings. The highest BCUT2D eigenvalue weighted by atomic mass is 19.4. The third-order valence-corrected chi connectivity index (χ3v) is 4.13. The van der Waals surface area contributed by atoms with E-state index >= 15 is 0 Å². The van der Waals surface area contributed by atoms with E-state index in [1.54, 1.807) is 6.07 Å². The van der Waals surface area contributed by atoms with E-state index in [4.69, 9.17) is 4.74 Å². The third-order valence-electron chi connectivity index (χ3n) is 4.13. The lowest BCUT2D eigenvalue weighted by atomic mass is 9.95. The number of halogens is 3. The Morgan fingerprint density at radius 1 is 1.32 bits per heavy atom. The van der Waals surface area contributed by atoms with Gasteiger partial charge in [0.15, 0.2) is 6.10 Å². The Morgan fingerprint density at radius 3 is 2.82 bits per heavy atom. The molecule has 1 aliphatic heterocycles. The Morgan fingerprint density at radius 2 is 2.09 bits per heavy atom. The van der Waals surface area contributed by atoms with Crippen LogP contribution in [0.2, 0.25) is 0 Å². The number of fused-ring (bicyclic) bond motifs is 1. The molecule has 2 aliphatic rings. The van der Waals surface area contributed by atoms with Gasteiger partial charge in [-0.15, -0.1) is 0 Å². The number of rotatable bonds is 1. The van der Waals surface area contributed by atoms with E-state index in [0.717, 1.165) is 36.9 Å². The van der Waals surface area contributed by atoms with Crippen LogP contribution >= 0.6 is 0 Å². The van der Waals surface area contributed by atoms with Gasteiger partial charge in [0, 0.05) is 12.2 Å². The number of ether oxygens (including phenoxy) is 1. The quantitative estimate of drug-likeness (QED) is 0.800. The lowest BCUT2D eigenvalue weighted by Gasteiger charge is -2.35. The summed E-state index contributed by atoms with van der Waals surface area (Å²) in [6.07, 6.45) is -2.44. The molecule has 0 aromatic carbocycles. The van der Waals surface area contributed by atoms with Gasteiger partial charge >= 0.3 is 6.18 Å². The molecule has 2 heterocycles. The summed E-state index contributed by atoms with van der Waals surface area (Å²) < 4.78 is 43.3. The summed E-state index contributed by atoms with van der Waals surface area (Å²) in [6.45, 7) is -0.0230. The Labute approximate surface area is 126 Å². The van der Waals surface area contributed by atoms with Crippen LogP contribution < -0.4 is 4.90 Å². The maximum atomic E-state index is 12.8. The molecule has 3 rings (SSSR count). The van der Waals surface area contributed by atoms with E-state index in [0.29, 0.717) is 17.9 Å². The summed E-state index contributed by atoms with van der Waals surface area (Å²) in [6, 6.07) is 3.86. The fraction of sp³-hybridized carbons (Fsp3) is 0.600. The molecule has 0 spiro atoms. The maximum Gasteiger partial charge on any atom is 0.416 e. The van der Waals surface area contributed by atoms with Crippen molar-refractivity contribution >= 4 is 5.82 Å². The van der Waals surface area contributed by atoms with Crippen LogP contribution in [0.1, 0.15) is 29.7 Å². The van der Waals surface area contributed by atoms with Crippen LogP contribution in [0, 0.1) is 11.3 Å². The lowest BCUT2D eigenvalue weighted by Crippen LogP contribution is -2.49. The number of nitriles is 1. The molecule has 0 bridgehead atoms. The van der Waals surface area contributed by atoms with Gasteiger partial charge in [-0.3, -0.25) is 0 Å². The van der Waals surface area contributed by atoms with Crippen LogP contribution in [0.25, 0.3) is 0 Å². The maximum absolute atomic E-state index is 12.8. The summed E-state index contributed by atoms with van der Waals surface area (Å²) in [5.41, 5.74) is 2.31. The highest BCUT2D eigenvalue weighted by Gasteiger charge is 2.44. The number of aryl methyl sites for hydroxylation is 2. The van der Waals surface area contributed by atoms with Crippen LogP contribution in [0.15, 0.2) is 6.07 Å². The molecule has 1 aliphatic carbocycles. The highest BCUT2D eigenvalue weighted by molar-refractivity contribution is 5.56. The van der Waals surface area contributed by atoms with Gasteiger partial charge in [0.1, 0.15) is 11.9 Å². The summed E-state index contributed by atoms with van der Waals surface area (Å²) in [5.74, 6) is 0.362. The van der Waals surface area contributed by atoms with Crippen molar-refractivity contribution in [1.29, 1.82) is 5.26 Å². The number of nitrogens with zero attached hydrogens (tertiary/aromatic N) is 3. The molecule has 1 fully saturated rings. The largest absolute Gasteiger partial charge is 0.416 e. The van der Waals surface area contributed by atoms with Crippen molar-refractivity contribution in [2.24, 2.45) is 0 Å². The number of anilines is 1. The number of morpholine rings is 1. The molecule has 22 heavy (non-hydrogen) atoms. The molecule has 0 radical (unpaired) electrons. The predicted octanol–water partition coefficient (Wildman–Crippen LogP) is 2.60. The highest BCUT2D eigenvalue weighted by Crippen LogP contribution is 2.31. The second kappa shape index (κ2) is 5.76. The molecular weight excluding hydrogens is 295 g/mol. The molecule has 1 aromatic heterocycles. The van der Waals surface area contributed by atoms with E-state index in [2.05, 4.69) is 11.1 Å². The summed E-state index contributed by atoms with van der Waals surface area (Å²) in [4.78, 5) is 6.03. The first-order valence-electron chi connectivity index (χ1n) is 7.35. The summed E-state index contributed by atoms with van der Waals surface area (Å²) in [5, 5.41) is 9.31. The Hall–Kier alpha value is -1.81. The zero-order valence-corrected chi connectivity index (χ0v) is 12.0. The van der Waals surface area contributed by atoms with Gasteiger partial charge in [-0.05, 0) is 37.3 Å². The molecule has 118 valence electrons. The molecular formula is C15H16F3N3O. The SMILES string of the molecule is N#Cc1cc2c(nc1N1CCO[C@@H](C(F)(F)F)C1)CCCC2. The van der Waals surface area contributed by atoms with E-state index in [-0.39, 0.29) is 13.2 Å². The third kappa shape index (κ3) is 2.88. The topological polar surface area (TPSA) is 49.2 Å². The van der Waals surface area contributed by atoms with Gasteiger partial charge in [0.05, 0.1) is 18.7 Å². The normalized spacial score (nSPS) is 22.1. The first kappa shape index (κ1) is 15.1. The van der Waals surface area contributed by atoms with Crippen LogP contribution in [0.5, 0.6) is 0 Å². The van der Waals surface area contributed by atoms with Crippen LogP contribution in [0.4, 0.5) is 19.0 Å². The minimum Gasteiger partial charge on any atom is -0.365 e. The summed E-state index contributed by atoms with van der Waals surface area (Å²) >= 11 is 0. The van der Waals surface area contributed by atoms with Crippen LogP contribution in [-0.4, -0.2) is 37.0 Å². The predicted molar refractivity (Wildman–Crippen MR) is 73.6 cm³/mol. The zero-order valence-electron chi connectivity index (χ0n) is 12.0. The van der Waals surface area contributed by atoms with Crippen molar-refractivity contribution in [1.82, 2.24) is 4.98 Å². The average molecular weight is 311 g/mol. The molecule has 1 atom stereocenters. The smallest absolute Gasteiger partial charge is 0.365 e. The van der Waals surface area contributed by atoms with Crippen molar-refractivity contribution in [2.75, 3.05) is 24.6 Å². The molecule has 0 saturated carbocycles. The van der Waals surface area contributed by atoms with Gasteiger partial charge in [-0.2, -0.15) is 18.4 Å². The fourth-order valence-corrected chi connectivity index (χ4v) is 2.99. The standard InChI is InChI=1S/C15H16F3N3O/c16-15(17,18)13-9-21(5-6-22-13)14-11(8-19)7-10-3-1-2-4-12(10)20-14/h7,13H,1-6,9H2/t13-/m1/s1. The van der Waals surface area contributed by atoms with Crippen molar-refractivity contribution in [3.05, 3.63) is 22.9 Å². The van der Waals surface area contributed by atoms with E-state index in [1.165, 1.54) is 4.90 Å². The zero-order chi connectivity index (χ0) is 15.7. The van der Waals surface area contributed by atoms with Crippen molar-refractivity contribution in [2.45, 2.75) is 38.0 Å². The van der Waals surface area contributed by atoms with Crippen LogP contribution in [0.3, 0.4) is 0 Å². The number of hydrogen-bond donors (Lipinski definition) is 0. The number of alkyl halides is 3. The van der Waals surface area contributed by atoms with Crippen LogP contribution in [-0.2, 0) is 17.6 Å². The molecule has 0 amide bonds. The first-order chi connectivity index (χ1) is 10.5. The van der Waals surface area contributed by atoms with Gasteiger partial charge in [-0.25, -0.2) is 4.98 Å².